The van der Waals surface area contributed by atoms with Gasteiger partial charge in [-0.25, -0.2) is 0 Å². The molecule has 0 radical (unpaired) electrons. The quantitative estimate of drug-likeness (QED) is 0.519. The number of carbonyl (C=O) groups excluding carboxylic acids is 1. The number of nitrogens with one attached hydrogen (secondary N) is 1. The molecule has 2 N–H and O–H groups in total. The monoisotopic (exact) mass is 554 g/mol. The number of rotatable bonds is 6. The number of hydrogen-bond donors (Lipinski definition) is 2. The largest absolute Gasteiger partial charge is 0.456 e. The number of nitrogens with zero attached hydrogens (tertiary/aromatic N) is 3. The van der Waals surface area contributed by atoms with Crippen LogP contribution < -0.4 is 10.9 Å². The molecule has 2 aliphatic rings. The highest BCUT2D eigenvalue weighted by molar-refractivity contribution is 9.10. The van der Waals surface area contributed by atoms with Crippen LogP contribution in [0.2, 0.25) is 0 Å². The first kappa shape index (κ1) is 25.6. The van der Waals surface area contributed by atoms with E-state index in [4.69, 9.17) is 9.36 Å². The van der Waals surface area contributed by atoms with Crippen molar-refractivity contribution in [1.82, 2.24) is 15.4 Å². The maximum Gasteiger partial charge on any atom is 0.456 e. The number of aliphatic hydroxyl groups is 1. The molecule has 2 aromatic rings. The summed E-state index contributed by atoms with van der Waals surface area (Å²) < 4.78 is 48.8. The van der Waals surface area contributed by atoms with Gasteiger partial charge in [0.2, 0.25) is 5.91 Å². The summed E-state index contributed by atoms with van der Waals surface area (Å²) in [5, 5.41) is 20.5. The average molecular weight is 555 g/mol. The van der Waals surface area contributed by atoms with Crippen LogP contribution in [0.1, 0.15) is 37.5 Å². The topological polar surface area (TPSA) is 100 Å². The third-order valence-corrected chi connectivity index (χ3v) is 6.82. The Morgan fingerprint density at radius 2 is 2.06 bits per heavy atom. The van der Waals surface area contributed by atoms with E-state index in [0.717, 1.165) is 0 Å². The summed E-state index contributed by atoms with van der Waals surface area (Å²) in [6.07, 6.45) is -5.79. The first-order valence-electron chi connectivity index (χ1n) is 11.3. The Bertz CT molecular complexity index is 1110. The molecule has 4 atom stereocenters. The molecule has 0 aliphatic carbocycles. The summed E-state index contributed by atoms with van der Waals surface area (Å²) in [6, 6.07) is 6.26. The minimum Gasteiger partial charge on any atom is -0.391 e. The second kappa shape index (κ2) is 9.53. The number of aliphatic hydroxyl groups excluding tert-OH is 1. The molecule has 1 fully saturated rings. The number of likely N-dealkylation sites (tertiary alicyclic amines) is 1. The molecule has 1 aromatic heterocycles. The molecule has 1 amide bonds. The van der Waals surface area contributed by atoms with Gasteiger partial charge in [-0.05, 0) is 24.1 Å². The summed E-state index contributed by atoms with van der Waals surface area (Å²) in [5.74, 6) is -1.11. The third kappa shape index (κ3) is 4.69. The molecule has 186 valence electrons. The van der Waals surface area contributed by atoms with E-state index >= 15 is 0 Å². The van der Waals surface area contributed by atoms with Crippen LogP contribution in [0.25, 0.3) is 0 Å². The zero-order valence-electron chi connectivity index (χ0n) is 19.3. The number of carbonyl (C=O) groups is 1. The lowest BCUT2D eigenvalue weighted by molar-refractivity contribution is -0.284. The van der Waals surface area contributed by atoms with E-state index in [-0.39, 0.29) is 30.3 Å². The highest BCUT2D eigenvalue weighted by atomic mass is 79.9. The normalized spacial score (nSPS) is 25.3. The summed E-state index contributed by atoms with van der Waals surface area (Å²) in [5.41, 5.74) is -2.42. The summed E-state index contributed by atoms with van der Waals surface area (Å²) >= 11 is 3.21. The van der Waals surface area contributed by atoms with Crippen molar-refractivity contribution in [2.45, 2.75) is 50.2 Å². The SMILES string of the molecule is BBc1cc(C(C(=O)N2CC(O)CC2C2=NOC(c3ccc(Br)cc3)(C(F)(F)F)N2)C(C)C)on1. The number of amidine groups is 1. The molecular weight excluding hydrogens is 531 g/mol. The number of β-amino-alcohol motifs (C(OH)–C–C–N with tert-alkyl or cyclic N) is 1. The van der Waals surface area contributed by atoms with E-state index in [1.807, 2.05) is 21.6 Å². The van der Waals surface area contributed by atoms with Crippen LogP contribution in [-0.4, -0.2) is 66.7 Å². The minimum atomic E-state index is -4.87. The highest BCUT2D eigenvalue weighted by Crippen LogP contribution is 2.44. The Hall–Kier alpha value is -2.47. The van der Waals surface area contributed by atoms with Gasteiger partial charge in [0.15, 0.2) is 5.84 Å². The fourth-order valence-corrected chi connectivity index (χ4v) is 4.72. The minimum absolute atomic E-state index is 0.0106. The van der Waals surface area contributed by atoms with E-state index in [1.54, 1.807) is 6.07 Å². The Balaban J connectivity index is 1.63. The van der Waals surface area contributed by atoms with Crippen molar-refractivity contribution in [2.24, 2.45) is 11.1 Å². The number of benzene rings is 1. The van der Waals surface area contributed by atoms with Gasteiger partial charge in [-0.1, -0.05) is 52.2 Å². The van der Waals surface area contributed by atoms with Gasteiger partial charge in [0.05, 0.1) is 19.9 Å². The molecule has 0 spiro atoms. The van der Waals surface area contributed by atoms with Gasteiger partial charge < -0.3 is 24.7 Å². The van der Waals surface area contributed by atoms with Crippen LogP contribution in [0.5, 0.6) is 0 Å². The molecule has 4 unspecified atom stereocenters. The second-order valence-corrected chi connectivity index (χ2v) is 9.99. The van der Waals surface area contributed by atoms with Crippen molar-refractivity contribution in [3.05, 3.63) is 46.1 Å². The summed E-state index contributed by atoms with van der Waals surface area (Å²) in [4.78, 5) is 20.0. The van der Waals surface area contributed by atoms with E-state index in [9.17, 15) is 23.1 Å². The predicted molar refractivity (Wildman–Crippen MR) is 129 cm³/mol. The van der Waals surface area contributed by atoms with Crippen molar-refractivity contribution in [1.29, 1.82) is 0 Å². The van der Waals surface area contributed by atoms with Gasteiger partial charge in [-0.3, -0.25) is 4.79 Å². The molecular formula is C21H24B2BrF3N4O4. The van der Waals surface area contributed by atoms with Crippen LogP contribution in [0.4, 0.5) is 13.2 Å². The Labute approximate surface area is 210 Å². The van der Waals surface area contributed by atoms with Crippen LogP contribution in [0.3, 0.4) is 0 Å². The van der Waals surface area contributed by atoms with Gasteiger partial charge >= 0.3 is 11.9 Å². The molecule has 35 heavy (non-hydrogen) atoms. The molecule has 1 saturated heterocycles. The van der Waals surface area contributed by atoms with E-state index in [0.29, 0.717) is 23.0 Å². The zero-order chi connectivity index (χ0) is 25.5. The third-order valence-electron chi connectivity index (χ3n) is 6.29. The molecule has 4 rings (SSSR count). The lowest BCUT2D eigenvalue weighted by atomic mass is 9.53. The smallest absolute Gasteiger partial charge is 0.391 e. The summed E-state index contributed by atoms with van der Waals surface area (Å²) in [7, 11) is 2.53. The number of aromatic nitrogens is 1. The van der Waals surface area contributed by atoms with Crippen LogP contribution >= 0.6 is 15.9 Å². The second-order valence-electron chi connectivity index (χ2n) is 9.07. The Kier molecular flexibility index (Phi) is 6.98. The van der Waals surface area contributed by atoms with Crippen molar-refractivity contribution < 1.29 is 32.4 Å². The first-order chi connectivity index (χ1) is 16.5. The van der Waals surface area contributed by atoms with Gasteiger partial charge in [0, 0.05) is 28.6 Å². The van der Waals surface area contributed by atoms with Gasteiger partial charge in [0.25, 0.3) is 0 Å². The Morgan fingerprint density at radius 1 is 1.37 bits per heavy atom. The highest BCUT2D eigenvalue weighted by Gasteiger charge is 2.64. The van der Waals surface area contributed by atoms with Gasteiger partial charge in [-0.2, -0.15) is 13.2 Å². The standard InChI is InChI=1S/C21H24B2BrF3N4O4/c1-10(2)17(15-8-16(23-22)29-34-15)19(33)31-9-13(32)7-14(31)18-28-20(35-30-18,21(25,26)27)11-3-5-12(24)6-4-11/h3-6,8,10,13-14,17,23,32H,7,9,22H2,1-2H3,(H,28,30). The average Bonchev–Trinajstić information content (AvgIpc) is 3.52. The summed E-state index contributed by atoms with van der Waals surface area (Å²) in [6.45, 7) is 3.63. The molecule has 0 saturated carbocycles. The number of halogens is 4. The number of oxime groups is 1. The van der Waals surface area contributed by atoms with Crippen LogP contribution in [0.15, 0.2) is 44.5 Å². The lowest BCUT2D eigenvalue weighted by Gasteiger charge is -2.32. The Morgan fingerprint density at radius 3 is 2.63 bits per heavy atom. The van der Waals surface area contributed by atoms with Crippen molar-refractivity contribution in [3.8, 4) is 0 Å². The fraction of sp³-hybridized carbons (Fsp3) is 0.476. The van der Waals surface area contributed by atoms with Crippen molar-refractivity contribution >= 4 is 48.2 Å². The molecule has 2 aliphatic heterocycles. The van der Waals surface area contributed by atoms with Gasteiger partial charge in [-0.15, -0.1) is 0 Å². The first-order valence-corrected chi connectivity index (χ1v) is 12.1. The van der Waals surface area contributed by atoms with Crippen LogP contribution in [-0.2, 0) is 15.4 Å². The van der Waals surface area contributed by atoms with Crippen LogP contribution in [0, 0.1) is 5.92 Å². The fourth-order valence-electron chi connectivity index (χ4n) is 4.46. The van der Waals surface area contributed by atoms with Gasteiger partial charge in [0.1, 0.15) is 18.8 Å². The number of amides is 1. The maximum atomic E-state index is 14.3. The van der Waals surface area contributed by atoms with Crippen molar-refractivity contribution in [2.75, 3.05) is 6.54 Å². The van der Waals surface area contributed by atoms with Crippen molar-refractivity contribution in [3.63, 3.8) is 0 Å². The molecule has 14 heteroatoms. The number of alkyl halides is 3. The van der Waals surface area contributed by atoms with E-state index in [1.165, 1.54) is 29.2 Å². The number of hydrogen-bond acceptors (Lipinski definition) is 7. The molecule has 0 bridgehead atoms. The molecule has 1 aromatic carbocycles. The lowest BCUT2D eigenvalue weighted by Crippen LogP contribution is -2.57. The van der Waals surface area contributed by atoms with E-state index in [2.05, 4.69) is 31.6 Å². The molecule has 8 nitrogen and oxygen atoms in total. The maximum absolute atomic E-state index is 14.3. The predicted octanol–water partition coefficient (Wildman–Crippen LogP) is 1.10. The van der Waals surface area contributed by atoms with E-state index < -0.39 is 35.9 Å². The molecule has 3 heterocycles. The zero-order valence-corrected chi connectivity index (χ0v) is 20.9.